The largest absolute Gasteiger partial charge is 0.497 e. The predicted octanol–water partition coefficient (Wildman–Crippen LogP) is 5.71. The third kappa shape index (κ3) is 6.46. The molecular formula is C25H20N4O5S2. The van der Waals surface area contributed by atoms with Gasteiger partial charge >= 0.3 is 0 Å². The van der Waals surface area contributed by atoms with E-state index in [1.54, 1.807) is 31.4 Å². The molecule has 4 rings (SSSR count). The van der Waals surface area contributed by atoms with E-state index in [-0.39, 0.29) is 23.3 Å². The third-order valence-corrected chi connectivity index (χ3v) is 6.73. The van der Waals surface area contributed by atoms with Gasteiger partial charge in [0, 0.05) is 39.2 Å². The number of anilines is 2. The molecule has 0 unspecified atom stereocenters. The Hall–Kier alpha value is -4.22. The molecular weight excluding hydrogens is 500 g/mol. The van der Waals surface area contributed by atoms with Crippen LogP contribution in [0.15, 0.2) is 83.1 Å². The summed E-state index contributed by atoms with van der Waals surface area (Å²) in [5.41, 5.74) is 2.51. The number of non-ortho nitro benzene ring substituents is 1. The Morgan fingerprint density at radius 3 is 2.33 bits per heavy atom. The molecule has 2 amide bonds. The Morgan fingerprint density at radius 2 is 1.69 bits per heavy atom. The molecule has 2 N–H and O–H groups in total. The molecule has 11 heteroatoms. The number of hydrogen-bond donors (Lipinski definition) is 2. The molecule has 0 bridgehead atoms. The van der Waals surface area contributed by atoms with Crippen molar-refractivity contribution in [2.75, 3.05) is 23.5 Å². The summed E-state index contributed by atoms with van der Waals surface area (Å²) in [7, 11) is 1.61. The van der Waals surface area contributed by atoms with E-state index in [9.17, 15) is 19.7 Å². The minimum absolute atomic E-state index is 0.0792. The van der Waals surface area contributed by atoms with Crippen LogP contribution in [-0.4, -0.2) is 34.6 Å². The average Bonchev–Trinajstić information content (AvgIpc) is 3.36. The van der Waals surface area contributed by atoms with Crippen molar-refractivity contribution in [3.05, 3.63) is 93.9 Å². The Kier molecular flexibility index (Phi) is 7.93. The number of nitrogens with zero attached hydrogens (tertiary/aromatic N) is 2. The molecule has 0 aliphatic carbocycles. The maximum Gasteiger partial charge on any atom is 0.269 e. The smallest absolute Gasteiger partial charge is 0.269 e. The molecule has 4 aromatic rings. The fourth-order valence-electron chi connectivity index (χ4n) is 3.10. The number of nitro groups is 1. The van der Waals surface area contributed by atoms with E-state index >= 15 is 0 Å². The fourth-order valence-corrected chi connectivity index (χ4v) is 4.54. The van der Waals surface area contributed by atoms with Crippen molar-refractivity contribution in [1.29, 1.82) is 0 Å². The standard InChI is InChI=1S/C25H20N4O5S2/c1-34-20-10-4-16(5-11-20)22-14-36-25(27-22)28-23(30)15-35-21-12-6-18(7-13-21)26-24(31)17-2-8-19(9-3-17)29(32)33/h2-14H,15H2,1H3,(H,26,31)(H,27,28,30). The number of nitrogens with one attached hydrogen (secondary N) is 2. The van der Waals surface area contributed by atoms with E-state index in [2.05, 4.69) is 15.6 Å². The highest BCUT2D eigenvalue weighted by atomic mass is 32.2. The molecule has 0 aliphatic heterocycles. The molecule has 182 valence electrons. The van der Waals surface area contributed by atoms with Crippen LogP contribution in [0.5, 0.6) is 5.75 Å². The van der Waals surface area contributed by atoms with Crippen LogP contribution >= 0.6 is 23.1 Å². The van der Waals surface area contributed by atoms with Crippen molar-refractivity contribution >= 4 is 51.4 Å². The number of nitro benzene ring substituents is 1. The van der Waals surface area contributed by atoms with Gasteiger partial charge in [-0.05, 0) is 60.7 Å². The first-order valence-electron chi connectivity index (χ1n) is 10.6. The number of carbonyl (C=O) groups excluding carboxylic acids is 2. The van der Waals surface area contributed by atoms with Crippen molar-refractivity contribution in [2.24, 2.45) is 0 Å². The average molecular weight is 521 g/mol. The number of thioether (sulfide) groups is 1. The number of methoxy groups -OCH3 is 1. The van der Waals surface area contributed by atoms with E-state index in [0.717, 1.165) is 21.9 Å². The molecule has 0 atom stereocenters. The van der Waals surface area contributed by atoms with E-state index in [1.807, 2.05) is 29.6 Å². The Labute approximate surface area is 214 Å². The predicted molar refractivity (Wildman–Crippen MR) is 141 cm³/mol. The first-order chi connectivity index (χ1) is 17.4. The van der Waals surface area contributed by atoms with Gasteiger partial charge in [-0.2, -0.15) is 0 Å². The number of hydrogen-bond acceptors (Lipinski definition) is 8. The SMILES string of the molecule is COc1ccc(-c2csc(NC(=O)CSc3ccc(NC(=O)c4ccc([N+](=O)[O-])cc4)cc3)n2)cc1. The fraction of sp³-hybridized carbons (Fsp3) is 0.0800. The van der Waals surface area contributed by atoms with Gasteiger partial charge in [0.25, 0.3) is 11.6 Å². The molecule has 1 heterocycles. The van der Waals surface area contributed by atoms with Crippen molar-refractivity contribution in [3.8, 4) is 17.0 Å². The monoisotopic (exact) mass is 520 g/mol. The van der Waals surface area contributed by atoms with Crippen LogP contribution in [0.25, 0.3) is 11.3 Å². The summed E-state index contributed by atoms with van der Waals surface area (Å²) in [6.45, 7) is 0. The highest BCUT2D eigenvalue weighted by molar-refractivity contribution is 8.00. The molecule has 36 heavy (non-hydrogen) atoms. The molecule has 0 saturated heterocycles. The summed E-state index contributed by atoms with van der Waals surface area (Å²) in [5, 5.41) is 18.7. The lowest BCUT2D eigenvalue weighted by Gasteiger charge is -2.07. The summed E-state index contributed by atoms with van der Waals surface area (Å²) >= 11 is 2.71. The highest BCUT2D eigenvalue weighted by Gasteiger charge is 2.11. The first-order valence-corrected chi connectivity index (χ1v) is 12.5. The van der Waals surface area contributed by atoms with Gasteiger partial charge in [0.2, 0.25) is 5.91 Å². The van der Waals surface area contributed by atoms with Gasteiger partial charge in [0.1, 0.15) is 5.75 Å². The zero-order valence-corrected chi connectivity index (χ0v) is 20.6. The van der Waals surface area contributed by atoms with Gasteiger partial charge in [-0.25, -0.2) is 4.98 Å². The highest BCUT2D eigenvalue weighted by Crippen LogP contribution is 2.27. The van der Waals surface area contributed by atoms with Gasteiger partial charge in [0.15, 0.2) is 5.13 Å². The summed E-state index contributed by atoms with van der Waals surface area (Å²) in [6, 6.07) is 20.0. The molecule has 1 aromatic heterocycles. The lowest BCUT2D eigenvalue weighted by molar-refractivity contribution is -0.384. The zero-order valence-electron chi connectivity index (χ0n) is 19.0. The number of ether oxygens (including phenoxy) is 1. The van der Waals surface area contributed by atoms with Gasteiger partial charge in [-0.15, -0.1) is 23.1 Å². The lowest BCUT2D eigenvalue weighted by atomic mass is 10.2. The normalized spacial score (nSPS) is 10.5. The maximum atomic E-state index is 12.4. The number of rotatable bonds is 9. The molecule has 3 aromatic carbocycles. The summed E-state index contributed by atoms with van der Waals surface area (Å²) in [6.07, 6.45) is 0. The molecule has 0 saturated carbocycles. The van der Waals surface area contributed by atoms with Crippen LogP contribution in [0.2, 0.25) is 0 Å². The summed E-state index contributed by atoms with van der Waals surface area (Å²) < 4.78 is 5.16. The molecule has 0 aliphatic rings. The van der Waals surface area contributed by atoms with E-state index in [0.29, 0.717) is 16.4 Å². The van der Waals surface area contributed by atoms with Gasteiger partial charge in [0.05, 0.1) is 23.5 Å². The summed E-state index contributed by atoms with van der Waals surface area (Å²) in [4.78, 5) is 40.3. The topological polar surface area (TPSA) is 123 Å². The number of amides is 2. The maximum absolute atomic E-state index is 12.4. The second kappa shape index (κ2) is 11.5. The van der Waals surface area contributed by atoms with Crippen LogP contribution in [0.1, 0.15) is 10.4 Å². The number of carbonyl (C=O) groups is 2. The van der Waals surface area contributed by atoms with Crippen LogP contribution in [-0.2, 0) is 4.79 Å². The first kappa shape index (κ1) is 24.9. The van der Waals surface area contributed by atoms with Crippen LogP contribution in [0.3, 0.4) is 0 Å². The van der Waals surface area contributed by atoms with Crippen molar-refractivity contribution in [2.45, 2.75) is 4.90 Å². The Bertz CT molecular complexity index is 1370. The number of aromatic nitrogens is 1. The molecule has 0 fully saturated rings. The van der Waals surface area contributed by atoms with Crippen LogP contribution in [0.4, 0.5) is 16.5 Å². The van der Waals surface area contributed by atoms with E-state index < -0.39 is 4.92 Å². The van der Waals surface area contributed by atoms with Gasteiger partial charge in [-0.1, -0.05) is 0 Å². The van der Waals surface area contributed by atoms with E-state index in [1.165, 1.54) is 47.4 Å². The second-order valence-corrected chi connectivity index (χ2v) is 9.29. The molecule has 0 radical (unpaired) electrons. The van der Waals surface area contributed by atoms with Crippen molar-refractivity contribution in [3.63, 3.8) is 0 Å². The minimum atomic E-state index is -0.519. The number of thiazole rings is 1. The van der Waals surface area contributed by atoms with Crippen molar-refractivity contribution in [1.82, 2.24) is 4.98 Å². The van der Waals surface area contributed by atoms with Crippen LogP contribution in [0, 0.1) is 10.1 Å². The third-order valence-electron chi connectivity index (χ3n) is 4.96. The van der Waals surface area contributed by atoms with Gasteiger partial charge < -0.3 is 15.4 Å². The van der Waals surface area contributed by atoms with E-state index in [4.69, 9.17) is 4.74 Å². The lowest BCUT2D eigenvalue weighted by Crippen LogP contribution is -2.13. The van der Waals surface area contributed by atoms with Gasteiger partial charge in [-0.3, -0.25) is 19.7 Å². The Morgan fingerprint density at radius 1 is 1.00 bits per heavy atom. The second-order valence-electron chi connectivity index (χ2n) is 7.39. The summed E-state index contributed by atoms with van der Waals surface area (Å²) in [5.74, 6) is 0.416. The zero-order chi connectivity index (χ0) is 25.5. The van der Waals surface area contributed by atoms with Crippen molar-refractivity contribution < 1.29 is 19.2 Å². The minimum Gasteiger partial charge on any atom is -0.497 e. The molecule has 9 nitrogen and oxygen atoms in total. The van der Waals surface area contributed by atoms with Crippen LogP contribution < -0.4 is 15.4 Å². The quantitative estimate of drug-likeness (QED) is 0.165. The Balaban J connectivity index is 1.26. The molecule has 0 spiro atoms. The number of benzene rings is 3.